The summed E-state index contributed by atoms with van der Waals surface area (Å²) < 4.78 is 0. The predicted octanol–water partition coefficient (Wildman–Crippen LogP) is 1.73. The molecule has 0 N–H and O–H groups in total. The van der Waals surface area contributed by atoms with Crippen LogP contribution in [0.5, 0.6) is 0 Å². The zero-order valence-electron chi connectivity index (χ0n) is 11.2. The number of Topliss-reactive ketones (excluding diaryl/α,β-unsaturated/α-hetero) is 1. The van der Waals surface area contributed by atoms with E-state index in [4.69, 9.17) is 0 Å². The van der Waals surface area contributed by atoms with Crippen LogP contribution in [0.1, 0.15) is 22.5 Å². The van der Waals surface area contributed by atoms with Gasteiger partial charge >= 0.3 is 0 Å². The molecule has 1 aromatic rings. The SMILES string of the molecule is CN(CCCC(=O)c1cccs1)CC(=O)N(C)C. The summed E-state index contributed by atoms with van der Waals surface area (Å²) in [7, 11) is 5.39. The summed E-state index contributed by atoms with van der Waals surface area (Å²) in [6.07, 6.45) is 1.33. The van der Waals surface area contributed by atoms with Gasteiger partial charge in [-0.1, -0.05) is 6.07 Å². The Kier molecular flexibility index (Phi) is 6.01. The number of carbonyl (C=O) groups excluding carboxylic acids is 2. The van der Waals surface area contributed by atoms with E-state index in [2.05, 4.69) is 0 Å². The van der Waals surface area contributed by atoms with Gasteiger partial charge < -0.3 is 4.90 Å². The van der Waals surface area contributed by atoms with Crippen LogP contribution < -0.4 is 0 Å². The van der Waals surface area contributed by atoms with Gasteiger partial charge in [-0.2, -0.15) is 0 Å². The van der Waals surface area contributed by atoms with Crippen LogP contribution in [0.15, 0.2) is 17.5 Å². The van der Waals surface area contributed by atoms with E-state index in [1.165, 1.54) is 11.3 Å². The molecule has 0 aromatic carbocycles. The summed E-state index contributed by atoms with van der Waals surface area (Å²) in [6, 6.07) is 3.74. The lowest BCUT2D eigenvalue weighted by Gasteiger charge is -2.18. The minimum Gasteiger partial charge on any atom is -0.348 e. The first kappa shape index (κ1) is 14.9. The van der Waals surface area contributed by atoms with Gasteiger partial charge in [-0.15, -0.1) is 11.3 Å². The number of likely N-dealkylation sites (N-methyl/N-ethyl adjacent to an activating group) is 2. The maximum absolute atomic E-state index is 11.7. The van der Waals surface area contributed by atoms with E-state index in [1.807, 2.05) is 29.5 Å². The first-order valence-electron chi connectivity index (χ1n) is 5.96. The lowest BCUT2D eigenvalue weighted by molar-refractivity contribution is -0.129. The Bertz CT molecular complexity index is 388. The summed E-state index contributed by atoms with van der Waals surface area (Å²) in [5.41, 5.74) is 0. The Morgan fingerprint density at radius 1 is 1.28 bits per heavy atom. The zero-order chi connectivity index (χ0) is 13.5. The Morgan fingerprint density at radius 3 is 2.56 bits per heavy atom. The minimum atomic E-state index is 0.0853. The van der Waals surface area contributed by atoms with Crippen LogP contribution in [0.25, 0.3) is 0 Å². The number of hydrogen-bond acceptors (Lipinski definition) is 4. The molecule has 0 saturated carbocycles. The third kappa shape index (κ3) is 4.98. The predicted molar refractivity (Wildman–Crippen MR) is 74.1 cm³/mol. The average Bonchev–Trinajstić information content (AvgIpc) is 2.81. The number of amides is 1. The van der Waals surface area contributed by atoms with Crippen molar-refractivity contribution in [2.45, 2.75) is 12.8 Å². The summed E-state index contributed by atoms with van der Waals surface area (Å²) >= 11 is 1.48. The van der Waals surface area contributed by atoms with E-state index in [1.54, 1.807) is 19.0 Å². The Morgan fingerprint density at radius 2 is 2.00 bits per heavy atom. The molecule has 0 atom stereocenters. The van der Waals surface area contributed by atoms with Crippen molar-refractivity contribution in [3.63, 3.8) is 0 Å². The van der Waals surface area contributed by atoms with Crippen molar-refractivity contribution in [1.82, 2.24) is 9.80 Å². The highest BCUT2D eigenvalue weighted by Gasteiger charge is 2.10. The fourth-order valence-corrected chi connectivity index (χ4v) is 2.22. The van der Waals surface area contributed by atoms with Crippen LogP contribution in [0.3, 0.4) is 0 Å². The number of thiophene rings is 1. The number of rotatable bonds is 7. The minimum absolute atomic E-state index is 0.0853. The topological polar surface area (TPSA) is 40.6 Å². The molecule has 0 saturated heterocycles. The molecule has 4 nitrogen and oxygen atoms in total. The second kappa shape index (κ2) is 7.28. The zero-order valence-corrected chi connectivity index (χ0v) is 12.0. The Hall–Kier alpha value is -1.20. The molecule has 0 fully saturated rings. The second-order valence-electron chi connectivity index (χ2n) is 4.53. The first-order valence-corrected chi connectivity index (χ1v) is 6.84. The highest BCUT2D eigenvalue weighted by atomic mass is 32.1. The van der Waals surface area contributed by atoms with E-state index < -0.39 is 0 Å². The van der Waals surface area contributed by atoms with Gasteiger partial charge in [-0.3, -0.25) is 14.5 Å². The molecule has 1 heterocycles. The lowest BCUT2D eigenvalue weighted by atomic mass is 10.2. The van der Waals surface area contributed by atoms with Crippen molar-refractivity contribution in [2.75, 3.05) is 34.2 Å². The molecule has 5 heteroatoms. The van der Waals surface area contributed by atoms with Crippen LogP contribution >= 0.6 is 11.3 Å². The van der Waals surface area contributed by atoms with Crippen LogP contribution in [0, 0.1) is 0 Å². The Balaban J connectivity index is 2.21. The standard InChI is InChI=1S/C13H20N2O2S/c1-14(2)13(17)10-15(3)8-4-6-11(16)12-7-5-9-18-12/h5,7,9H,4,6,8,10H2,1-3H3. The highest BCUT2D eigenvalue weighted by Crippen LogP contribution is 2.12. The number of hydrogen-bond donors (Lipinski definition) is 0. The van der Waals surface area contributed by atoms with Crippen LogP contribution in [0.4, 0.5) is 0 Å². The molecular formula is C13H20N2O2S. The smallest absolute Gasteiger partial charge is 0.236 e. The molecule has 1 aromatic heterocycles. The molecule has 100 valence electrons. The fraction of sp³-hybridized carbons (Fsp3) is 0.538. The van der Waals surface area contributed by atoms with Gasteiger partial charge in [0.2, 0.25) is 5.91 Å². The van der Waals surface area contributed by atoms with Gasteiger partial charge in [0.15, 0.2) is 5.78 Å². The van der Waals surface area contributed by atoms with E-state index in [-0.39, 0.29) is 11.7 Å². The molecule has 0 aliphatic carbocycles. The third-order valence-corrected chi connectivity index (χ3v) is 3.55. The van der Waals surface area contributed by atoms with Crippen LogP contribution in [0.2, 0.25) is 0 Å². The van der Waals surface area contributed by atoms with Gasteiger partial charge in [0, 0.05) is 20.5 Å². The maximum atomic E-state index is 11.7. The van der Waals surface area contributed by atoms with E-state index >= 15 is 0 Å². The van der Waals surface area contributed by atoms with E-state index in [9.17, 15) is 9.59 Å². The van der Waals surface area contributed by atoms with Crippen LogP contribution in [-0.4, -0.2) is 55.7 Å². The normalized spacial score (nSPS) is 10.7. The molecule has 1 amide bonds. The third-order valence-electron chi connectivity index (χ3n) is 2.64. The Labute approximate surface area is 112 Å². The lowest BCUT2D eigenvalue weighted by Crippen LogP contribution is -2.34. The number of nitrogens with zero attached hydrogens (tertiary/aromatic N) is 2. The molecule has 0 bridgehead atoms. The molecule has 1 rings (SSSR count). The highest BCUT2D eigenvalue weighted by molar-refractivity contribution is 7.12. The molecular weight excluding hydrogens is 248 g/mol. The van der Waals surface area contributed by atoms with E-state index in [0.717, 1.165) is 17.8 Å². The van der Waals surface area contributed by atoms with E-state index in [0.29, 0.717) is 13.0 Å². The quantitative estimate of drug-likeness (QED) is 0.707. The molecule has 0 radical (unpaired) electrons. The van der Waals surface area contributed by atoms with Crippen molar-refractivity contribution in [2.24, 2.45) is 0 Å². The second-order valence-corrected chi connectivity index (χ2v) is 5.48. The molecule has 0 aliphatic rings. The summed E-state index contributed by atoms with van der Waals surface area (Å²) in [5.74, 6) is 0.277. The van der Waals surface area contributed by atoms with Crippen molar-refractivity contribution in [3.8, 4) is 0 Å². The van der Waals surface area contributed by atoms with Gasteiger partial charge in [-0.25, -0.2) is 0 Å². The largest absolute Gasteiger partial charge is 0.348 e. The number of ketones is 1. The fourth-order valence-electron chi connectivity index (χ4n) is 1.52. The van der Waals surface area contributed by atoms with Gasteiger partial charge in [0.1, 0.15) is 0 Å². The van der Waals surface area contributed by atoms with Crippen molar-refractivity contribution < 1.29 is 9.59 Å². The number of carbonyl (C=O) groups is 2. The van der Waals surface area contributed by atoms with Gasteiger partial charge in [0.05, 0.1) is 11.4 Å². The molecule has 0 spiro atoms. The van der Waals surface area contributed by atoms with Crippen molar-refractivity contribution >= 4 is 23.0 Å². The van der Waals surface area contributed by atoms with Gasteiger partial charge in [0.25, 0.3) is 0 Å². The monoisotopic (exact) mass is 268 g/mol. The first-order chi connectivity index (χ1) is 8.50. The van der Waals surface area contributed by atoms with Crippen LogP contribution in [-0.2, 0) is 4.79 Å². The summed E-state index contributed by atoms with van der Waals surface area (Å²) in [4.78, 5) is 27.5. The molecule has 0 unspecified atom stereocenters. The van der Waals surface area contributed by atoms with Gasteiger partial charge in [-0.05, 0) is 31.5 Å². The van der Waals surface area contributed by atoms with Crippen molar-refractivity contribution in [1.29, 1.82) is 0 Å². The van der Waals surface area contributed by atoms with Crippen molar-refractivity contribution in [3.05, 3.63) is 22.4 Å². The maximum Gasteiger partial charge on any atom is 0.236 e. The molecule has 0 aliphatic heterocycles. The molecule has 18 heavy (non-hydrogen) atoms. The summed E-state index contributed by atoms with van der Waals surface area (Å²) in [5, 5.41) is 1.91. The average molecular weight is 268 g/mol. The summed E-state index contributed by atoms with van der Waals surface area (Å²) in [6.45, 7) is 1.16.